The molecule has 0 saturated carbocycles. The first-order valence-electron chi connectivity index (χ1n) is 9.34. The molecule has 1 N–H and O–H groups in total. The Hall–Kier alpha value is -2.99. The fourth-order valence-electron chi connectivity index (χ4n) is 3.74. The van der Waals surface area contributed by atoms with Gasteiger partial charge in [0.2, 0.25) is 5.89 Å². The lowest BCUT2D eigenvalue weighted by atomic mass is 10.1. The zero-order valence-corrected chi connectivity index (χ0v) is 15.3. The molecule has 0 bridgehead atoms. The average Bonchev–Trinajstić information content (AvgIpc) is 3.31. The first kappa shape index (κ1) is 18.4. The average molecular weight is 380 g/mol. The number of hydrogen-bond acceptors (Lipinski definition) is 4. The van der Waals surface area contributed by atoms with Crippen LogP contribution >= 0.6 is 0 Å². The lowest BCUT2D eigenvalue weighted by molar-refractivity contribution is 0.0696. The van der Waals surface area contributed by atoms with Gasteiger partial charge in [0.25, 0.3) is 0 Å². The van der Waals surface area contributed by atoms with E-state index in [0.29, 0.717) is 30.2 Å². The third kappa shape index (κ3) is 4.12. The van der Waals surface area contributed by atoms with Crippen LogP contribution in [0.15, 0.2) is 59.1 Å². The topological polar surface area (TPSA) is 66.6 Å². The zero-order valence-electron chi connectivity index (χ0n) is 15.3. The van der Waals surface area contributed by atoms with Gasteiger partial charge in [-0.1, -0.05) is 24.3 Å². The van der Waals surface area contributed by atoms with Crippen LogP contribution in [0.1, 0.15) is 52.0 Å². The Morgan fingerprint density at radius 2 is 2.04 bits per heavy atom. The highest BCUT2D eigenvalue weighted by Crippen LogP contribution is 2.33. The summed E-state index contributed by atoms with van der Waals surface area (Å²) >= 11 is 0. The van der Waals surface area contributed by atoms with E-state index in [0.717, 1.165) is 30.5 Å². The monoisotopic (exact) mass is 380 g/mol. The van der Waals surface area contributed by atoms with Crippen molar-refractivity contribution in [1.82, 2.24) is 9.88 Å². The molecule has 3 aromatic rings. The fourth-order valence-corrected chi connectivity index (χ4v) is 3.74. The summed E-state index contributed by atoms with van der Waals surface area (Å²) in [6.45, 7) is 1.55. The van der Waals surface area contributed by atoms with Gasteiger partial charge >= 0.3 is 5.97 Å². The van der Waals surface area contributed by atoms with Crippen LogP contribution in [0.2, 0.25) is 0 Å². The maximum atomic E-state index is 13.4. The normalized spacial score (nSPS) is 17.1. The van der Waals surface area contributed by atoms with E-state index in [1.54, 1.807) is 30.5 Å². The van der Waals surface area contributed by atoms with Gasteiger partial charge in [0, 0.05) is 13.0 Å². The number of aromatic carboxylic acids is 1. The number of benzene rings is 2. The van der Waals surface area contributed by atoms with Crippen LogP contribution < -0.4 is 0 Å². The van der Waals surface area contributed by atoms with E-state index >= 15 is 0 Å². The molecule has 1 fully saturated rings. The maximum Gasteiger partial charge on any atom is 0.335 e. The largest absolute Gasteiger partial charge is 0.478 e. The number of carbonyl (C=O) groups is 1. The molecule has 1 atom stereocenters. The van der Waals surface area contributed by atoms with Crippen molar-refractivity contribution in [2.24, 2.45) is 0 Å². The molecule has 0 amide bonds. The summed E-state index contributed by atoms with van der Waals surface area (Å²) in [5.41, 5.74) is 2.09. The number of halogens is 1. The van der Waals surface area contributed by atoms with Crippen LogP contribution in [-0.4, -0.2) is 27.5 Å². The van der Waals surface area contributed by atoms with Gasteiger partial charge in [-0.3, -0.25) is 4.90 Å². The summed E-state index contributed by atoms with van der Waals surface area (Å²) in [6.07, 6.45) is 4.18. The molecular weight excluding hydrogens is 359 g/mol. The second-order valence-electron chi connectivity index (χ2n) is 7.11. The number of carboxylic acids is 1. The third-order valence-electron chi connectivity index (χ3n) is 5.05. The third-order valence-corrected chi connectivity index (χ3v) is 5.05. The minimum atomic E-state index is -0.922. The van der Waals surface area contributed by atoms with Gasteiger partial charge in [0.15, 0.2) is 0 Å². The molecule has 0 unspecified atom stereocenters. The number of rotatable bonds is 6. The van der Waals surface area contributed by atoms with Crippen LogP contribution in [-0.2, 0) is 13.0 Å². The van der Waals surface area contributed by atoms with Crippen molar-refractivity contribution >= 4 is 5.97 Å². The maximum absolute atomic E-state index is 13.4. The SMILES string of the molecule is O=C(O)c1cccc(CN2CCC[C@H]2c2ncc(Cc3cccc(F)c3)o2)c1. The number of oxazole rings is 1. The van der Waals surface area contributed by atoms with Gasteiger partial charge in [-0.25, -0.2) is 14.2 Å². The van der Waals surface area contributed by atoms with Crippen molar-refractivity contribution in [3.8, 4) is 0 Å². The van der Waals surface area contributed by atoms with E-state index in [1.165, 1.54) is 12.1 Å². The van der Waals surface area contributed by atoms with E-state index < -0.39 is 5.97 Å². The Bertz CT molecular complexity index is 985. The smallest absolute Gasteiger partial charge is 0.335 e. The summed E-state index contributed by atoms with van der Waals surface area (Å²) in [7, 11) is 0. The molecule has 1 aliphatic heterocycles. The Labute approximate surface area is 162 Å². The zero-order chi connectivity index (χ0) is 19.5. The molecule has 0 aliphatic carbocycles. The van der Waals surface area contributed by atoms with Gasteiger partial charge in [0.05, 0.1) is 17.8 Å². The predicted molar refractivity (Wildman–Crippen MR) is 101 cm³/mol. The van der Waals surface area contributed by atoms with E-state index in [-0.39, 0.29) is 11.9 Å². The Kier molecular flexibility index (Phi) is 5.21. The summed E-state index contributed by atoms with van der Waals surface area (Å²) < 4.78 is 19.3. The summed E-state index contributed by atoms with van der Waals surface area (Å²) in [5.74, 6) is 0.191. The first-order valence-corrected chi connectivity index (χ1v) is 9.34. The molecule has 2 heterocycles. The standard InChI is InChI=1S/C22H21FN2O3/c23-18-7-2-4-15(11-18)12-19-13-24-21(28-19)20-8-3-9-25(20)14-16-5-1-6-17(10-16)22(26)27/h1-2,4-7,10-11,13,20H,3,8-9,12,14H2,(H,26,27)/t20-/m0/s1. The minimum absolute atomic E-state index is 0.0646. The Balaban J connectivity index is 1.47. The summed E-state index contributed by atoms with van der Waals surface area (Å²) in [4.78, 5) is 17.9. The second-order valence-corrected chi connectivity index (χ2v) is 7.11. The number of hydrogen-bond donors (Lipinski definition) is 1. The number of carboxylic acid groups (broad SMARTS) is 1. The van der Waals surface area contributed by atoms with Crippen LogP contribution in [0.5, 0.6) is 0 Å². The van der Waals surface area contributed by atoms with Crippen LogP contribution in [0.4, 0.5) is 4.39 Å². The highest BCUT2D eigenvalue weighted by molar-refractivity contribution is 5.87. The molecule has 2 aromatic carbocycles. The number of likely N-dealkylation sites (tertiary alicyclic amines) is 1. The van der Waals surface area contributed by atoms with Gasteiger partial charge in [-0.2, -0.15) is 0 Å². The first-order chi connectivity index (χ1) is 13.6. The predicted octanol–water partition coefficient (Wildman–Crippen LogP) is 4.44. The van der Waals surface area contributed by atoms with E-state index in [1.807, 2.05) is 12.1 Å². The second kappa shape index (κ2) is 7.94. The molecule has 0 radical (unpaired) electrons. The molecule has 0 spiro atoms. The Morgan fingerprint density at radius 3 is 2.86 bits per heavy atom. The molecule has 1 saturated heterocycles. The van der Waals surface area contributed by atoms with Crippen LogP contribution in [0, 0.1) is 5.82 Å². The molecule has 28 heavy (non-hydrogen) atoms. The molecule has 1 aromatic heterocycles. The van der Waals surface area contributed by atoms with Crippen molar-refractivity contribution in [3.63, 3.8) is 0 Å². The minimum Gasteiger partial charge on any atom is -0.478 e. The highest BCUT2D eigenvalue weighted by Gasteiger charge is 2.30. The van der Waals surface area contributed by atoms with Gasteiger partial charge in [0.1, 0.15) is 11.6 Å². The van der Waals surface area contributed by atoms with Gasteiger partial charge < -0.3 is 9.52 Å². The summed E-state index contributed by atoms with van der Waals surface area (Å²) in [5, 5.41) is 9.18. The van der Waals surface area contributed by atoms with Gasteiger partial charge in [-0.15, -0.1) is 0 Å². The van der Waals surface area contributed by atoms with E-state index in [9.17, 15) is 14.3 Å². The van der Waals surface area contributed by atoms with E-state index in [2.05, 4.69) is 9.88 Å². The van der Waals surface area contributed by atoms with Crippen molar-refractivity contribution in [3.05, 3.63) is 88.9 Å². The molecular formula is C22H21FN2O3. The van der Waals surface area contributed by atoms with Crippen molar-refractivity contribution in [1.29, 1.82) is 0 Å². The molecule has 4 rings (SSSR count). The lowest BCUT2D eigenvalue weighted by Gasteiger charge is -2.22. The van der Waals surface area contributed by atoms with Crippen molar-refractivity contribution in [2.45, 2.75) is 31.8 Å². The molecule has 6 heteroatoms. The highest BCUT2D eigenvalue weighted by atomic mass is 19.1. The quantitative estimate of drug-likeness (QED) is 0.685. The number of nitrogens with zero attached hydrogens (tertiary/aromatic N) is 2. The molecule has 144 valence electrons. The Morgan fingerprint density at radius 1 is 1.21 bits per heavy atom. The molecule has 5 nitrogen and oxygen atoms in total. The fraction of sp³-hybridized carbons (Fsp3) is 0.273. The van der Waals surface area contributed by atoms with Crippen LogP contribution in [0.25, 0.3) is 0 Å². The lowest BCUT2D eigenvalue weighted by Crippen LogP contribution is -2.23. The van der Waals surface area contributed by atoms with E-state index in [4.69, 9.17) is 4.42 Å². The van der Waals surface area contributed by atoms with Crippen LogP contribution in [0.3, 0.4) is 0 Å². The van der Waals surface area contributed by atoms with Crippen molar-refractivity contribution < 1.29 is 18.7 Å². The summed E-state index contributed by atoms with van der Waals surface area (Å²) in [6, 6.07) is 13.6. The number of aromatic nitrogens is 1. The molecule has 1 aliphatic rings. The van der Waals surface area contributed by atoms with Gasteiger partial charge in [-0.05, 0) is 54.8 Å². The van der Waals surface area contributed by atoms with Crippen molar-refractivity contribution in [2.75, 3.05) is 6.54 Å².